The molecule has 9 heteroatoms. The van der Waals surface area contributed by atoms with Gasteiger partial charge in [0.25, 0.3) is 5.95 Å². The van der Waals surface area contributed by atoms with Crippen molar-refractivity contribution in [2.75, 3.05) is 31.2 Å². The van der Waals surface area contributed by atoms with Crippen molar-refractivity contribution in [2.45, 2.75) is 13.8 Å². The number of aromatic amines is 1. The second-order valence-electron chi connectivity index (χ2n) is 8.13. The Morgan fingerprint density at radius 2 is 1.79 bits per heavy atom. The zero-order valence-corrected chi connectivity index (χ0v) is 18.4. The highest BCUT2D eigenvalue weighted by Crippen LogP contribution is 2.36. The maximum atomic E-state index is 6.33. The van der Waals surface area contributed by atoms with E-state index in [-0.39, 0.29) is 0 Å². The van der Waals surface area contributed by atoms with Crippen LogP contribution in [0.1, 0.15) is 11.3 Å². The number of hydrogen-bond acceptors (Lipinski definition) is 7. The number of nitrogens with zero attached hydrogens (tertiary/aromatic N) is 6. The molecule has 0 radical (unpaired) electrons. The summed E-state index contributed by atoms with van der Waals surface area (Å²) in [6, 6.07) is 14.0. The summed E-state index contributed by atoms with van der Waals surface area (Å²) in [5.41, 5.74) is 5.96. The van der Waals surface area contributed by atoms with Gasteiger partial charge in [-0.1, -0.05) is 30.3 Å². The van der Waals surface area contributed by atoms with Crippen LogP contribution in [0.5, 0.6) is 0 Å². The molecular weight excluding hydrogens is 418 g/mol. The van der Waals surface area contributed by atoms with Gasteiger partial charge in [0, 0.05) is 36.1 Å². The molecule has 0 spiro atoms. The summed E-state index contributed by atoms with van der Waals surface area (Å²) in [7, 11) is 0. The molecule has 4 aromatic heterocycles. The summed E-state index contributed by atoms with van der Waals surface area (Å²) < 4.78 is 13.6. The first-order valence-electron chi connectivity index (χ1n) is 10.9. The summed E-state index contributed by atoms with van der Waals surface area (Å²) >= 11 is 0. The molecule has 166 valence electrons. The van der Waals surface area contributed by atoms with E-state index in [9.17, 15) is 0 Å². The van der Waals surface area contributed by atoms with Gasteiger partial charge in [-0.15, -0.1) is 0 Å². The Bertz CT molecular complexity index is 1430. The van der Waals surface area contributed by atoms with Gasteiger partial charge in [-0.2, -0.15) is 15.2 Å². The third-order valence-electron chi connectivity index (χ3n) is 5.85. The fourth-order valence-corrected chi connectivity index (χ4v) is 4.13. The second-order valence-corrected chi connectivity index (χ2v) is 8.13. The van der Waals surface area contributed by atoms with Crippen LogP contribution in [-0.4, -0.2) is 56.2 Å². The second kappa shape index (κ2) is 7.86. The van der Waals surface area contributed by atoms with E-state index in [1.165, 1.54) is 0 Å². The summed E-state index contributed by atoms with van der Waals surface area (Å²) in [6.07, 6.45) is 1.89. The van der Waals surface area contributed by atoms with Crippen LogP contribution >= 0.6 is 0 Å². The van der Waals surface area contributed by atoms with Gasteiger partial charge in [-0.25, -0.2) is 9.67 Å². The number of hydrogen-bond donors (Lipinski definition) is 1. The third kappa shape index (κ3) is 3.46. The minimum absolute atomic E-state index is 0.500. The molecule has 1 aliphatic rings. The number of H-pyrrole nitrogens is 1. The van der Waals surface area contributed by atoms with Crippen molar-refractivity contribution in [1.29, 1.82) is 0 Å². The van der Waals surface area contributed by atoms with Crippen molar-refractivity contribution in [1.82, 2.24) is 29.9 Å². The van der Waals surface area contributed by atoms with Gasteiger partial charge in [0.05, 0.1) is 18.9 Å². The van der Waals surface area contributed by atoms with Crippen LogP contribution in [0.15, 0.2) is 53.1 Å². The van der Waals surface area contributed by atoms with E-state index in [4.69, 9.17) is 24.2 Å². The number of ether oxygens (including phenoxy) is 1. The lowest BCUT2D eigenvalue weighted by Crippen LogP contribution is -2.37. The highest BCUT2D eigenvalue weighted by molar-refractivity contribution is 5.91. The smallest absolute Gasteiger partial charge is 0.253 e. The highest BCUT2D eigenvalue weighted by Gasteiger charge is 2.25. The molecule has 1 N–H and O–H groups in total. The van der Waals surface area contributed by atoms with Crippen LogP contribution in [0.4, 0.5) is 5.82 Å². The fraction of sp³-hybridized carbons (Fsp3) is 0.250. The molecule has 6 rings (SSSR count). The lowest BCUT2D eigenvalue weighted by atomic mass is 10.2. The Morgan fingerprint density at radius 1 is 0.970 bits per heavy atom. The standard InChI is InChI=1S/C24H23N7O2/c1-15-14-19(28-27-15)21-16(2)20-22(33-21)23(30-10-12-32-13-11-30)26-24(25-20)31-9-8-18(29-31)17-6-4-3-5-7-17/h3-9,14H,10-13H2,1-2H3,(H,27,28). The van der Waals surface area contributed by atoms with E-state index in [0.29, 0.717) is 30.5 Å². The number of aromatic nitrogens is 6. The van der Waals surface area contributed by atoms with Crippen molar-refractivity contribution in [2.24, 2.45) is 0 Å². The maximum Gasteiger partial charge on any atom is 0.253 e. The van der Waals surface area contributed by atoms with Crippen LogP contribution in [0.2, 0.25) is 0 Å². The zero-order chi connectivity index (χ0) is 22.4. The van der Waals surface area contributed by atoms with Crippen molar-refractivity contribution >= 4 is 16.9 Å². The molecule has 9 nitrogen and oxygen atoms in total. The minimum Gasteiger partial charge on any atom is -0.448 e. The molecule has 1 fully saturated rings. The number of aryl methyl sites for hydroxylation is 2. The topological polar surface area (TPSA) is 97.9 Å². The van der Waals surface area contributed by atoms with E-state index in [1.807, 2.05) is 62.5 Å². The maximum absolute atomic E-state index is 6.33. The molecule has 0 unspecified atom stereocenters. The average molecular weight is 441 g/mol. The van der Waals surface area contributed by atoms with E-state index < -0.39 is 0 Å². The number of anilines is 1. The first-order chi connectivity index (χ1) is 16.2. The van der Waals surface area contributed by atoms with Crippen LogP contribution in [-0.2, 0) is 4.74 Å². The Labute approximate surface area is 190 Å². The van der Waals surface area contributed by atoms with Gasteiger partial charge < -0.3 is 14.1 Å². The minimum atomic E-state index is 0.500. The van der Waals surface area contributed by atoms with Gasteiger partial charge >= 0.3 is 0 Å². The molecule has 0 aliphatic carbocycles. The predicted octanol–water partition coefficient (Wildman–Crippen LogP) is 3.92. The molecule has 0 amide bonds. The van der Waals surface area contributed by atoms with Gasteiger partial charge in [0.2, 0.25) is 0 Å². The molecule has 5 heterocycles. The highest BCUT2D eigenvalue weighted by atomic mass is 16.5. The summed E-state index contributed by atoms with van der Waals surface area (Å²) in [5, 5.41) is 12.1. The summed E-state index contributed by atoms with van der Waals surface area (Å²) in [6.45, 7) is 6.72. The van der Waals surface area contributed by atoms with Gasteiger partial charge in [-0.05, 0) is 26.0 Å². The van der Waals surface area contributed by atoms with Gasteiger partial charge in [-0.3, -0.25) is 5.10 Å². The van der Waals surface area contributed by atoms with Crippen LogP contribution in [0.25, 0.3) is 39.8 Å². The molecule has 0 bridgehead atoms. The lowest BCUT2D eigenvalue weighted by molar-refractivity contribution is 0.122. The molecule has 1 aromatic carbocycles. The van der Waals surface area contributed by atoms with Crippen LogP contribution < -0.4 is 4.90 Å². The Morgan fingerprint density at radius 3 is 2.55 bits per heavy atom. The molecule has 5 aromatic rings. The van der Waals surface area contributed by atoms with E-state index in [0.717, 1.165) is 52.6 Å². The molecule has 0 atom stereocenters. The van der Waals surface area contributed by atoms with Crippen molar-refractivity contribution in [3.63, 3.8) is 0 Å². The van der Waals surface area contributed by atoms with Crippen LogP contribution in [0, 0.1) is 13.8 Å². The summed E-state index contributed by atoms with van der Waals surface area (Å²) in [4.78, 5) is 11.9. The molecule has 0 saturated carbocycles. The monoisotopic (exact) mass is 441 g/mol. The van der Waals surface area contributed by atoms with Crippen molar-refractivity contribution in [3.8, 4) is 28.7 Å². The number of nitrogens with one attached hydrogen (secondary N) is 1. The molecule has 1 saturated heterocycles. The first kappa shape index (κ1) is 19.7. The lowest BCUT2D eigenvalue weighted by Gasteiger charge is -2.27. The Hall–Kier alpha value is -3.98. The Kier molecular flexibility index (Phi) is 4.69. The number of benzene rings is 1. The average Bonchev–Trinajstić information content (AvgIpc) is 3.59. The Balaban J connectivity index is 1.51. The zero-order valence-electron chi connectivity index (χ0n) is 18.4. The van der Waals surface area contributed by atoms with E-state index in [1.54, 1.807) is 4.68 Å². The number of fused-ring (bicyclic) bond motifs is 1. The van der Waals surface area contributed by atoms with E-state index >= 15 is 0 Å². The largest absolute Gasteiger partial charge is 0.448 e. The third-order valence-corrected chi connectivity index (χ3v) is 5.85. The molecule has 33 heavy (non-hydrogen) atoms. The SMILES string of the molecule is Cc1cc(-c2oc3c(N4CCOCC4)nc(-n4ccc(-c5ccccc5)n4)nc3c2C)n[nH]1. The number of rotatable bonds is 4. The van der Waals surface area contributed by atoms with Crippen molar-refractivity contribution < 1.29 is 9.15 Å². The fourth-order valence-electron chi connectivity index (χ4n) is 4.13. The van der Waals surface area contributed by atoms with Crippen molar-refractivity contribution in [3.05, 3.63) is 59.9 Å². The number of furan rings is 1. The normalized spacial score (nSPS) is 14.3. The predicted molar refractivity (Wildman–Crippen MR) is 124 cm³/mol. The summed E-state index contributed by atoms with van der Waals surface area (Å²) in [5.74, 6) is 1.94. The quantitative estimate of drug-likeness (QED) is 0.451. The number of morpholine rings is 1. The van der Waals surface area contributed by atoms with Gasteiger partial charge in [0.15, 0.2) is 17.2 Å². The first-order valence-corrected chi connectivity index (χ1v) is 10.9. The molecule has 1 aliphatic heterocycles. The van der Waals surface area contributed by atoms with E-state index in [2.05, 4.69) is 15.1 Å². The molecular formula is C24H23N7O2. The van der Waals surface area contributed by atoms with Gasteiger partial charge in [0.1, 0.15) is 11.2 Å². The van der Waals surface area contributed by atoms with Crippen LogP contribution in [0.3, 0.4) is 0 Å².